The van der Waals surface area contributed by atoms with Crippen LogP contribution in [0, 0.1) is 23.7 Å². The van der Waals surface area contributed by atoms with Crippen molar-refractivity contribution in [2.45, 2.75) is 119 Å². The maximum absolute atomic E-state index is 12.7. The van der Waals surface area contributed by atoms with E-state index in [4.69, 9.17) is 14.2 Å². The molecule has 0 aliphatic carbocycles. The van der Waals surface area contributed by atoms with E-state index in [1.54, 1.807) is 34.6 Å². The SMILES string of the molecule is CCOC(=O)C(C)COc1cc(C[C@@H](C[C@H](NC(=O)OC(C)(C)C)[C@@H](O)CC(C)C(=O)O)C(C)C)ccc1C(C)(C)C. The quantitative estimate of drug-likeness (QED) is 0.207. The van der Waals surface area contributed by atoms with Gasteiger partial charge in [0.2, 0.25) is 0 Å². The predicted octanol–water partition coefficient (Wildman–Crippen LogP) is 6.13. The molecule has 0 saturated carbocycles. The number of carboxylic acids is 1. The number of aliphatic carboxylic acids is 1. The van der Waals surface area contributed by atoms with Gasteiger partial charge in [-0.3, -0.25) is 9.59 Å². The maximum Gasteiger partial charge on any atom is 0.407 e. The van der Waals surface area contributed by atoms with Gasteiger partial charge in [-0.15, -0.1) is 0 Å². The Morgan fingerprint density at radius 1 is 0.952 bits per heavy atom. The Hall–Kier alpha value is -2.81. The molecule has 0 radical (unpaired) electrons. The minimum absolute atomic E-state index is 0.00245. The van der Waals surface area contributed by atoms with Crippen LogP contribution in [0.25, 0.3) is 0 Å². The first-order chi connectivity index (χ1) is 19.2. The van der Waals surface area contributed by atoms with Crippen LogP contribution in [-0.2, 0) is 30.9 Å². The molecule has 0 saturated heterocycles. The van der Waals surface area contributed by atoms with Crippen molar-refractivity contribution in [3.63, 3.8) is 0 Å². The van der Waals surface area contributed by atoms with Crippen molar-refractivity contribution >= 4 is 18.0 Å². The molecule has 0 fully saturated rings. The third kappa shape index (κ3) is 13.0. The molecule has 42 heavy (non-hydrogen) atoms. The summed E-state index contributed by atoms with van der Waals surface area (Å²) in [7, 11) is 0. The Balaban J connectivity index is 3.28. The molecule has 0 heterocycles. The van der Waals surface area contributed by atoms with E-state index in [0.717, 1.165) is 11.1 Å². The molecule has 0 aliphatic rings. The fourth-order valence-electron chi connectivity index (χ4n) is 4.62. The van der Waals surface area contributed by atoms with Crippen LogP contribution in [0.2, 0.25) is 0 Å². The van der Waals surface area contributed by atoms with E-state index in [0.29, 0.717) is 25.2 Å². The average Bonchev–Trinajstić information content (AvgIpc) is 2.84. The standard InChI is InChI=1S/C33H55NO8/c1-12-40-30(38)22(5)19-41-28-17-23(13-14-25(28)32(6,7)8)16-24(20(2)3)18-26(27(35)15-21(4)29(36)37)34-31(39)42-33(9,10)11/h13-14,17,20-22,24,26-27,35H,12,15-16,18-19H2,1-11H3,(H,34,39)(H,36,37)/t21?,22?,24-,26-,27-/m0/s1. The van der Waals surface area contributed by atoms with Crippen LogP contribution < -0.4 is 10.1 Å². The van der Waals surface area contributed by atoms with E-state index in [-0.39, 0.29) is 36.2 Å². The summed E-state index contributed by atoms with van der Waals surface area (Å²) < 4.78 is 16.8. The molecule has 1 amide bonds. The van der Waals surface area contributed by atoms with Gasteiger partial charge in [0.25, 0.3) is 0 Å². The van der Waals surface area contributed by atoms with Crippen molar-refractivity contribution in [3.05, 3.63) is 29.3 Å². The topological polar surface area (TPSA) is 131 Å². The van der Waals surface area contributed by atoms with Crippen LogP contribution in [-0.4, -0.2) is 59.2 Å². The molecule has 1 aromatic carbocycles. The molecule has 9 heteroatoms. The number of carboxylic acid groups (broad SMARTS) is 1. The van der Waals surface area contributed by atoms with Gasteiger partial charge in [-0.25, -0.2) is 4.79 Å². The Morgan fingerprint density at radius 2 is 1.57 bits per heavy atom. The summed E-state index contributed by atoms with van der Waals surface area (Å²) in [5.41, 5.74) is 1.13. The first kappa shape index (κ1) is 37.2. The highest BCUT2D eigenvalue weighted by Gasteiger charge is 2.31. The van der Waals surface area contributed by atoms with E-state index in [9.17, 15) is 24.6 Å². The van der Waals surface area contributed by atoms with Crippen molar-refractivity contribution < 1.29 is 38.8 Å². The van der Waals surface area contributed by atoms with Crippen molar-refractivity contribution in [1.82, 2.24) is 5.32 Å². The monoisotopic (exact) mass is 593 g/mol. The molecule has 0 bridgehead atoms. The lowest BCUT2D eigenvalue weighted by molar-refractivity contribution is -0.148. The largest absolute Gasteiger partial charge is 0.492 e. The smallest absolute Gasteiger partial charge is 0.407 e. The van der Waals surface area contributed by atoms with E-state index in [2.05, 4.69) is 52.1 Å². The Kier molecular flexibility index (Phi) is 14.3. The maximum atomic E-state index is 12.7. The molecule has 2 unspecified atom stereocenters. The van der Waals surface area contributed by atoms with Gasteiger partial charge >= 0.3 is 18.0 Å². The number of alkyl carbamates (subject to hydrolysis) is 1. The van der Waals surface area contributed by atoms with Crippen LogP contribution >= 0.6 is 0 Å². The highest BCUT2D eigenvalue weighted by atomic mass is 16.6. The van der Waals surface area contributed by atoms with Crippen molar-refractivity contribution in [2.75, 3.05) is 13.2 Å². The molecule has 1 rings (SSSR count). The number of aliphatic hydroxyl groups is 1. The Bertz CT molecular complexity index is 1020. The summed E-state index contributed by atoms with van der Waals surface area (Å²) in [5, 5.41) is 23.3. The number of aliphatic hydroxyl groups excluding tert-OH is 1. The van der Waals surface area contributed by atoms with E-state index in [1.807, 2.05) is 6.07 Å². The third-order valence-corrected chi connectivity index (χ3v) is 7.21. The summed E-state index contributed by atoms with van der Waals surface area (Å²) in [6.07, 6.45) is -0.673. The Morgan fingerprint density at radius 3 is 2.07 bits per heavy atom. The van der Waals surface area contributed by atoms with Crippen LogP contribution in [0.3, 0.4) is 0 Å². The molecule has 0 aliphatic heterocycles. The number of benzene rings is 1. The molecule has 240 valence electrons. The van der Waals surface area contributed by atoms with Crippen LogP contribution in [0.4, 0.5) is 4.79 Å². The van der Waals surface area contributed by atoms with Crippen LogP contribution in [0.5, 0.6) is 5.75 Å². The van der Waals surface area contributed by atoms with Gasteiger partial charge in [0.1, 0.15) is 18.0 Å². The number of carbonyl (C=O) groups is 3. The molecule has 0 spiro atoms. The second-order valence-electron chi connectivity index (χ2n) is 13.8. The van der Waals surface area contributed by atoms with Gasteiger partial charge in [-0.1, -0.05) is 53.7 Å². The van der Waals surface area contributed by atoms with Crippen molar-refractivity contribution in [1.29, 1.82) is 0 Å². The number of rotatable bonds is 15. The second kappa shape index (κ2) is 16.1. The van der Waals surface area contributed by atoms with Crippen molar-refractivity contribution in [2.24, 2.45) is 23.7 Å². The first-order valence-corrected chi connectivity index (χ1v) is 15.1. The number of nitrogens with one attached hydrogen (secondary N) is 1. The fraction of sp³-hybridized carbons (Fsp3) is 0.727. The minimum Gasteiger partial charge on any atom is -0.492 e. The molecule has 9 nitrogen and oxygen atoms in total. The van der Waals surface area contributed by atoms with Gasteiger partial charge in [0.15, 0.2) is 0 Å². The number of esters is 1. The highest BCUT2D eigenvalue weighted by Crippen LogP contribution is 2.34. The highest BCUT2D eigenvalue weighted by molar-refractivity contribution is 5.72. The summed E-state index contributed by atoms with van der Waals surface area (Å²) in [6, 6.07) is 5.42. The minimum atomic E-state index is -1.07. The summed E-state index contributed by atoms with van der Waals surface area (Å²) in [5.74, 6) is -1.57. The van der Waals surface area contributed by atoms with Gasteiger partial charge in [-0.05, 0) is 88.3 Å². The van der Waals surface area contributed by atoms with Crippen LogP contribution in [0.1, 0.15) is 100 Å². The lowest BCUT2D eigenvalue weighted by atomic mass is 9.80. The third-order valence-electron chi connectivity index (χ3n) is 7.21. The van der Waals surface area contributed by atoms with Gasteiger partial charge in [0.05, 0.1) is 30.6 Å². The molecule has 3 N–H and O–H groups in total. The summed E-state index contributed by atoms with van der Waals surface area (Å²) in [6.45, 7) is 21.4. The van der Waals surface area contributed by atoms with Gasteiger partial charge in [-0.2, -0.15) is 0 Å². The fourth-order valence-corrected chi connectivity index (χ4v) is 4.62. The number of amides is 1. The molecule has 0 aromatic heterocycles. The van der Waals surface area contributed by atoms with Gasteiger partial charge in [0, 0.05) is 0 Å². The van der Waals surface area contributed by atoms with Crippen molar-refractivity contribution in [3.8, 4) is 5.75 Å². The molecular weight excluding hydrogens is 538 g/mol. The lowest BCUT2D eigenvalue weighted by Crippen LogP contribution is -2.47. The zero-order valence-corrected chi connectivity index (χ0v) is 27.6. The zero-order valence-electron chi connectivity index (χ0n) is 27.6. The molecule has 1 aromatic rings. The molecular formula is C33H55NO8. The van der Waals surface area contributed by atoms with E-state index < -0.39 is 41.6 Å². The molecule has 5 atom stereocenters. The predicted molar refractivity (Wildman–Crippen MR) is 164 cm³/mol. The summed E-state index contributed by atoms with van der Waals surface area (Å²) >= 11 is 0. The van der Waals surface area contributed by atoms with Gasteiger partial charge < -0.3 is 29.7 Å². The normalized spacial score (nSPS) is 15.7. The van der Waals surface area contributed by atoms with Crippen LogP contribution in [0.15, 0.2) is 18.2 Å². The average molecular weight is 594 g/mol. The van der Waals surface area contributed by atoms with E-state index >= 15 is 0 Å². The number of carbonyl (C=O) groups excluding carboxylic acids is 2. The number of ether oxygens (including phenoxy) is 3. The summed E-state index contributed by atoms with van der Waals surface area (Å²) in [4.78, 5) is 36.3. The lowest BCUT2D eigenvalue weighted by Gasteiger charge is -2.32. The number of hydrogen-bond donors (Lipinski definition) is 3. The van der Waals surface area contributed by atoms with E-state index in [1.165, 1.54) is 6.92 Å². The zero-order chi connectivity index (χ0) is 32.4. The second-order valence-corrected chi connectivity index (χ2v) is 13.8. The Labute approximate surface area is 252 Å². The number of hydrogen-bond acceptors (Lipinski definition) is 7. The first-order valence-electron chi connectivity index (χ1n) is 15.1.